The van der Waals surface area contributed by atoms with E-state index < -0.39 is 18.0 Å². The number of aliphatic hydroxyl groups is 1. The molecule has 6 nitrogen and oxygen atoms in total. The van der Waals surface area contributed by atoms with Crippen LogP contribution in [0.15, 0.2) is 10.6 Å². The topological polar surface area (TPSA) is 104 Å². The Morgan fingerprint density at radius 2 is 2.26 bits per heavy atom. The molecule has 2 rings (SSSR count). The third kappa shape index (κ3) is 2.86. The number of amides is 1. The average Bonchev–Trinajstić information content (AvgIpc) is 2.60. The predicted octanol–water partition coefficient (Wildman–Crippen LogP) is -1.06. The van der Waals surface area contributed by atoms with Crippen LogP contribution in [-0.4, -0.2) is 81.0 Å². The van der Waals surface area contributed by atoms with Crippen molar-refractivity contribution in [3.8, 4) is 0 Å². The third-order valence-corrected chi connectivity index (χ3v) is 4.43. The Labute approximate surface area is 137 Å². The number of hydrogen-bond donors (Lipinski definition) is 3. The summed E-state index contributed by atoms with van der Waals surface area (Å²) >= 11 is 1.38. The van der Waals surface area contributed by atoms with Crippen LogP contribution in [0.25, 0.3) is 0 Å². The van der Waals surface area contributed by atoms with Gasteiger partial charge in [0.05, 0.1) is 18.1 Å². The van der Waals surface area contributed by atoms with Crippen LogP contribution >= 0.6 is 11.8 Å². The Balaban J connectivity index is 0.00000180. The van der Waals surface area contributed by atoms with Crippen LogP contribution in [0.2, 0.25) is 0 Å². The minimum absolute atomic E-state index is 0. The molecule has 0 saturated carbocycles. The van der Waals surface area contributed by atoms with Crippen LogP contribution in [-0.2, 0) is 9.59 Å². The summed E-state index contributed by atoms with van der Waals surface area (Å²) in [5, 5.41) is 18.7. The van der Waals surface area contributed by atoms with Crippen molar-refractivity contribution < 1.29 is 19.8 Å². The molecule has 1 amide bonds. The number of carboxylic acids is 1. The van der Waals surface area contributed by atoms with Gasteiger partial charge in [0.25, 0.3) is 0 Å². The maximum absolute atomic E-state index is 11.9. The Kier molecular flexibility index (Phi) is 5.91. The number of nitrogens with zero attached hydrogens (tertiary/aromatic N) is 1. The van der Waals surface area contributed by atoms with Crippen molar-refractivity contribution in [1.82, 2.24) is 4.90 Å². The van der Waals surface area contributed by atoms with E-state index in [0.29, 0.717) is 23.6 Å². The number of carbonyl (C=O) groups is 2. The molecule has 19 heavy (non-hydrogen) atoms. The summed E-state index contributed by atoms with van der Waals surface area (Å²) < 4.78 is 0. The van der Waals surface area contributed by atoms with Crippen LogP contribution in [0.5, 0.6) is 0 Å². The number of hydrogen-bond acceptors (Lipinski definition) is 5. The monoisotopic (exact) mass is 296 g/mol. The van der Waals surface area contributed by atoms with Gasteiger partial charge in [-0.15, -0.1) is 11.8 Å². The van der Waals surface area contributed by atoms with E-state index in [0.717, 1.165) is 0 Å². The van der Waals surface area contributed by atoms with E-state index >= 15 is 0 Å². The molecular weight excluding hydrogens is 279 g/mol. The number of nitrogens with two attached hydrogens (primary N) is 1. The van der Waals surface area contributed by atoms with Gasteiger partial charge in [-0.05, 0) is 6.92 Å². The molecule has 4 N–H and O–H groups in total. The van der Waals surface area contributed by atoms with Gasteiger partial charge in [0.15, 0.2) is 0 Å². The number of carboxylic acid groups (broad SMARTS) is 1. The first-order valence-corrected chi connectivity index (χ1v) is 6.78. The first-order valence-electron chi connectivity index (χ1n) is 5.79. The van der Waals surface area contributed by atoms with E-state index in [2.05, 4.69) is 0 Å². The van der Waals surface area contributed by atoms with E-state index in [-0.39, 0.29) is 47.2 Å². The Bertz CT molecular complexity index is 427. The second kappa shape index (κ2) is 6.60. The van der Waals surface area contributed by atoms with E-state index in [1.165, 1.54) is 16.7 Å². The van der Waals surface area contributed by atoms with Crippen molar-refractivity contribution in [1.29, 1.82) is 0 Å². The average molecular weight is 296 g/mol. The van der Waals surface area contributed by atoms with Gasteiger partial charge in [-0.25, -0.2) is 4.79 Å². The second-order valence-electron chi connectivity index (χ2n) is 4.46. The first kappa shape index (κ1) is 17.0. The SMILES string of the molecule is C[C@@H](O)[C@H]1C(=O)N2C(C(=O)O)=C(SCCN)C[C@H]12.[NaH]. The van der Waals surface area contributed by atoms with Gasteiger partial charge in [0.1, 0.15) is 5.70 Å². The number of β-lactam (4-membered cyclic amide) rings is 1. The molecule has 2 heterocycles. The summed E-state index contributed by atoms with van der Waals surface area (Å²) in [6, 6.07) is -0.205. The summed E-state index contributed by atoms with van der Waals surface area (Å²) in [5.74, 6) is -1.24. The van der Waals surface area contributed by atoms with Crippen LogP contribution in [0.3, 0.4) is 0 Å². The zero-order valence-corrected chi connectivity index (χ0v) is 10.8. The molecule has 0 aliphatic carbocycles. The van der Waals surface area contributed by atoms with E-state index in [4.69, 9.17) is 5.73 Å². The van der Waals surface area contributed by atoms with Gasteiger partial charge in [-0.3, -0.25) is 4.79 Å². The Morgan fingerprint density at radius 3 is 2.74 bits per heavy atom. The van der Waals surface area contributed by atoms with E-state index in [1.54, 1.807) is 6.92 Å². The Morgan fingerprint density at radius 1 is 1.63 bits per heavy atom. The number of aliphatic carboxylic acids is 1. The van der Waals surface area contributed by atoms with E-state index in [9.17, 15) is 19.8 Å². The van der Waals surface area contributed by atoms with Crippen LogP contribution < -0.4 is 5.73 Å². The van der Waals surface area contributed by atoms with Gasteiger partial charge >= 0.3 is 35.5 Å². The summed E-state index contributed by atoms with van der Waals surface area (Å²) in [7, 11) is 0. The van der Waals surface area contributed by atoms with Gasteiger partial charge in [0.2, 0.25) is 5.91 Å². The molecule has 2 aliphatic rings. The quantitative estimate of drug-likeness (QED) is 0.441. The second-order valence-corrected chi connectivity index (χ2v) is 5.65. The molecule has 0 aromatic rings. The molecule has 8 heteroatoms. The van der Waals surface area contributed by atoms with Crippen LogP contribution in [0, 0.1) is 5.92 Å². The van der Waals surface area contributed by atoms with Crippen LogP contribution in [0.4, 0.5) is 0 Å². The number of thioether (sulfide) groups is 1. The molecule has 2 aliphatic heterocycles. The normalized spacial score (nSPS) is 26.7. The summed E-state index contributed by atoms with van der Waals surface area (Å²) in [6.07, 6.45) is -0.235. The molecule has 0 aromatic heterocycles. The van der Waals surface area contributed by atoms with Crippen LogP contribution in [0.1, 0.15) is 13.3 Å². The van der Waals surface area contributed by atoms with Gasteiger partial charge in [0, 0.05) is 23.6 Å². The zero-order valence-electron chi connectivity index (χ0n) is 10.00. The van der Waals surface area contributed by atoms with Crippen molar-refractivity contribution in [3.63, 3.8) is 0 Å². The number of rotatable bonds is 5. The fourth-order valence-corrected chi connectivity index (χ4v) is 3.52. The molecule has 0 aromatic carbocycles. The molecule has 0 unspecified atom stereocenters. The summed E-state index contributed by atoms with van der Waals surface area (Å²) in [4.78, 5) is 25.1. The molecule has 0 bridgehead atoms. The fourth-order valence-electron chi connectivity index (χ4n) is 2.54. The number of carbonyl (C=O) groups excluding carboxylic acids is 1. The zero-order chi connectivity index (χ0) is 13.4. The van der Waals surface area contributed by atoms with Crippen molar-refractivity contribution in [2.45, 2.75) is 25.5 Å². The molecule has 0 radical (unpaired) electrons. The van der Waals surface area contributed by atoms with Gasteiger partial charge in [-0.1, -0.05) is 0 Å². The number of fused-ring (bicyclic) bond motifs is 1. The molecule has 1 fully saturated rings. The van der Waals surface area contributed by atoms with E-state index in [1.807, 2.05) is 0 Å². The van der Waals surface area contributed by atoms with Gasteiger partial charge < -0.3 is 20.8 Å². The third-order valence-electron chi connectivity index (χ3n) is 3.28. The first-order chi connectivity index (χ1) is 8.49. The van der Waals surface area contributed by atoms with Crippen molar-refractivity contribution in [3.05, 3.63) is 10.6 Å². The fraction of sp³-hybridized carbons (Fsp3) is 0.636. The summed E-state index contributed by atoms with van der Waals surface area (Å²) in [5.41, 5.74) is 5.47. The Hall–Kier alpha value is -0.0500. The van der Waals surface area contributed by atoms with Crippen molar-refractivity contribution in [2.24, 2.45) is 11.7 Å². The molecule has 3 atom stereocenters. The minimum atomic E-state index is -1.09. The predicted molar refractivity (Wildman–Crippen MR) is 73.7 cm³/mol. The van der Waals surface area contributed by atoms with Crippen molar-refractivity contribution >= 4 is 53.2 Å². The summed E-state index contributed by atoms with van der Waals surface area (Å²) in [6.45, 7) is 2.02. The molecular formula is C11H17N2NaO4S. The molecule has 102 valence electrons. The number of aliphatic hydroxyl groups excluding tert-OH is 1. The molecule has 0 spiro atoms. The standard InChI is InChI=1S/C11H16N2O4S.Na.H/c1-5(14)8-6-4-7(18-3-2-12)9(11(16)17)13(6)10(8)15;;/h5-6,8,14H,2-4,12H2,1H3,(H,16,17);;/t5-,6-,8-;;/m1../s1. The van der Waals surface area contributed by atoms with Crippen molar-refractivity contribution in [2.75, 3.05) is 12.3 Å². The maximum atomic E-state index is 11.9. The molecule has 1 saturated heterocycles. The van der Waals surface area contributed by atoms with Gasteiger partial charge in [-0.2, -0.15) is 0 Å².